The van der Waals surface area contributed by atoms with E-state index in [-0.39, 0.29) is 6.10 Å². The molecule has 2 aromatic heterocycles. The second kappa shape index (κ2) is 5.44. The van der Waals surface area contributed by atoms with Crippen molar-refractivity contribution in [1.29, 1.82) is 0 Å². The van der Waals surface area contributed by atoms with E-state index in [0.717, 1.165) is 28.7 Å². The zero-order valence-corrected chi connectivity index (χ0v) is 11.7. The van der Waals surface area contributed by atoms with Crippen LogP contribution in [-0.2, 0) is 4.74 Å². The number of aryl methyl sites for hydroxylation is 1. The Morgan fingerprint density at radius 1 is 1.48 bits per heavy atom. The number of aromatic nitrogens is 4. The van der Waals surface area contributed by atoms with Gasteiger partial charge >= 0.3 is 0 Å². The van der Waals surface area contributed by atoms with Crippen LogP contribution in [-0.4, -0.2) is 39.6 Å². The van der Waals surface area contributed by atoms with Crippen LogP contribution in [0.15, 0.2) is 23.4 Å². The van der Waals surface area contributed by atoms with E-state index >= 15 is 0 Å². The van der Waals surface area contributed by atoms with E-state index < -0.39 is 0 Å². The molecule has 1 aliphatic heterocycles. The molecule has 5 N–H and O–H groups in total. The van der Waals surface area contributed by atoms with Crippen molar-refractivity contribution in [2.75, 3.05) is 30.4 Å². The minimum atomic E-state index is -0.112. The molecule has 2 aromatic rings. The maximum absolute atomic E-state index is 5.76. The third-order valence-electron chi connectivity index (χ3n) is 3.38. The summed E-state index contributed by atoms with van der Waals surface area (Å²) in [6.45, 7) is 3.95. The van der Waals surface area contributed by atoms with Gasteiger partial charge < -0.3 is 26.3 Å². The Kier molecular flexibility index (Phi) is 3.48. The Bertz CT molecular complexity index is 691. The number of aromatic amines is 1. The van der Waals surface area contributed by atoms with Crippen LogP contribution in [0.3, 0.4) is 0 Å². The van der Waals surface area contributed by atoms with Crippen molar-refractivity contribution >= 4 is 5.82 Å². The molecule has 0 aromatic carbocycles. The minimum Gasteiger partial charge on any atom is -0.367 e. The average Bonchev–Trinajstić information content (AvgIpc) is 2.94. The van der Waals surface area contributed by atoms with Gasteiger partial charge in [-0.1, -0.05) is 0 Å². The molecule has 0 amide bonds. The predicted octanol–water partition coefficient (Wildman–Crippen LogP) is -1.02. The molecule has 3 heterocycles. The molecule has 9 nitrogen and oxygen atoms in total. The zero-order chi connectivity index (χ0) is 14.8. The highest BCUT2D eigenvalue weighted by atomic mass is 16.5. The summed E-state index contributed by atoms with van der Waals surface area (Å²) in [6, 6.07) is 3.56. The monoisotopic (exact) mass is 290 g/mol. The Balaban J connectivity index is 1.81. The van der Waals surface area contributed by atoms with E-state index in [2.05, 4.69) is 25.1 Å². The molecule has 0 saturated carbocycles. The number of ether oxygens (including phenoxy) is 1. The van der Waals surface area contributed by atoms with Crippen LogP contribution in [0.4, 0.5) is 5.82 Å². The van der Waals surface area contributed by atoms with E-state index in [1.165, 1.54) is 0 Å². The van der Waals surface area contributed by atoms with Crippen LogP contribution in [0.1, 0.15) is 17.6 Å². The van der Waals surface area contributed by atoms with Gasteiger partial charge in [0.05, 0.1) is 13.2 Å². The van der Waals surface area contributed by atoms with E-state index in [9.17, 15) is 0 Å². The fraction of sp³-hybridized carbons (Fsp3) is 0.417. The van der Waals surface area contributed by atoms with Gasteiger partial charge in [0.15, 0.2) is 11.3 Å². The summed E-state index contributed by atoms with van der Waals surface area (Å²) in [5.74, 6) is 12.5. The van der Waals surface area contributed by atoms with E-state index in [1.807, 2.05) is 13.0 Å². The Labute approximate surface area is 121 Å². The molecule has 1 fully saturated rings. The van der Waals surface area contributed by atoms with Crippen molar-refractivity contribution in [2.45, 2.75) is 13.0 Å². The number of nitrogens with zero attached hydrogens (tertiary/aromatic N) is 5. The molecular weight excluding hydrogens is 272 g/mol. The lowest BCUT2D eigenvalue weighted by atomic mass is 10.2. The standard InChI is InChI=1S/C12H18N8O/c1-8-6-15-12(16-8)9-7-19(4-5-21-9)11-3-2-10(17-13)20(14)18-11/h2-3,6,9H,4-5,7,13-14H2,1H3,(H,15,16)/b17-10-. The second-order valence-electron chi connectivity index (χ2n) is 4.88. The van der Waals surface area contributed by atoms with Gasteiger partial charge in [-0.2, -0.15) is 9.89 Å². The number of nitrogen functional groups attached to an aromatic ring is 1. The summed E-state index contributed by atoms with van der Waals surface area (Å²) >= 11 is 0. The molecule has 3 rings (SSSR count). The van der Waals surface area contributed by atoms with Crippen LogP contribution in [0.5, 0.6) is 0 Å². The molecule has 21 heavy (non-hydrogen) atoms. The first-order chi connectivity index (χ1) is 10.2. The number of nitrogens with two attached hydrogens (primary N) is 2. The number of H-pyrrole nitrogens is 1. The predicted molar refractivity (Wildman–Crippen MR) is 76.4 cm³/mol. The van der Waals surface area contributed by atoms with E-state index in [1.54, 1.807) is 12.3 Å². The Morgan fingerprint density at radius 3 is 3.00 bits per heavy atom. The first-order valence-corrected chi connectivity index (χ1v) is 6.65. The van der Waals surface area contributed by atoms with Gasteiger partial charge in [-0.3, -0.25) is 0 Å². The van der Waals surface area contributed by atoms with Crippen molar-refractivity contribution in [2.24, 2.45) is 10.9 Å². The minimum absolute atomic E-state index is 0.112. The summed E-state index contributed by atoms with van der Waals surface area (Å²) in [5, 5.41) is 7.80. The van der Waals surface area contributed by atoms with Crippen LogP contribution in [0, 0.1) is 6.92 Å². The third kappa shape index (κ3) is 2.68. The van der Waals surface area contributed by atoms with Crippen LogP contribution in [0.25, 0.3) is 0 Å². The topological polar surface area (TPSA) is 123 Å². The lowest BCUT2D eigenvalue weighted by Gasteiger charge is -2.32. The molecule has 112 valence electrons. The highest BCUT2D eigenvalue weighted by molar-refractivity contribution is 5.37. The van der Waals surface area contributed by atoms with Gasteiger partial charge in [-0.25, -0.2) is 4.98 Å². The number of imidazole rings is 1. The normalized spacial score (nSPS) is 20.0. The molecular formula is C12H18N8O. The van der Waals surface area contributed by atoms with Gasteiger partial charge in [0.25, 0.3) is 0 Å². The molecule has 9 heteroatoms. The largest absolute Gasteiger partial charge is 0.367 e. The summed E-state index contributed by atoms with van der Waals surface area (Å²) in [7, 11) is 0. The summed E-state index contributed by atoms with van der Waals surface area (Å²) in [5.41, 5.74) is 1.42. The fourth-order valence-electron chi connectivity index (χ4n) is 2.31. The first-order valence-electron chi connectivity index (χ1n) is 6.65. The number of hydrogen-bond acceptors (Lipinski definition) is 7. The highest BCUT2D eigenvalue weighted by Gasteiger charge is 2.25. The number of nitrogens with one attached hydrogen (secondary N) is 1. The lowest BCUT2D eigenvalue weighted by molar-refractivity contribution is 0.0341. The SMILES string of the molecule is Cc1cnc(C2CN(c3cc/c(=N/N)n(N)n3)CCO2)[nH]1. The maximum atomic E-state index is 5.76. The quantitative estimate of drug-likeness (QED) is 0.480. The first kappa shape index (κ1) is 13.4. The van der Waals surface area contributed by atoms with Crippen molar-refractivity contribution in [3.8, 4) is 0 Å². The van der Waals surface area contributed by atoms with E-state index in [0.29, 0.717) is 18.6 Å². The van der Waals surface area contributed by atoms with Gasteiger partial charge in [-0.15, -0.1) is 5.10 Å². The molecule has 0 spiro atoms. The lowest BCUT2D eigenvalue weighted by Crippen LogP contribution is -2.41. The molecule has 0 radical (unpaired) electrons. The Hall–Kier alpha value is -2.55. The molecule has 1 atom stereocenters. The maximum Gasteiger partial charge on any atom is 0.190 e. The fourth-order valence-corrected chi connectivity index (χ4v) is 2.31. The number of anilines is 1. The molecule has 0 bridgehead atoms. The summed E-state index contributed by atoms with van der Waals surface area (Å²) in [6.07, 6.45) is 1.68. The smallest absolute Gasteiger partial charge is 0.190 e. The molecule has 1 aliphatic rings. The van der Waals surface area contributed by atoms with Crippen LogP contribution >= 0.6 is 0 Å². The van der Waals surface area contributed by atoms with Crippen LogP contribution in [0.2, 0.25) is 0 Å². The van der Waals surface area contributed by atoms with Gasteiger partial charge in [0, 0.05) is 18.4 Å². The third-order valence-corrected chi connectivity index (χ3v) is 3.38. The van der Waals surface area contributed by atoms with Crippen molar-refractivity contribution in [1.82, 2.24) is 19.9 Å². The summed E-state index contributed by atoms with van der Waals surface area (Å²) in [4.78, 5) is 10.8. The van der Waals surface area contributed by atoms with Crippen molar-refractivity contribution < 1.29 is 4.74 Å². The zero-order valence-electron chi connectivity index (χ0n) is 11.7. The Morgan fingerprint density at radius 2 is 2.33 bits per heavy atom. The number of morpholine rings is 1. The number of hydrogen-bond donors (Lipinski definition) is 3. The van der Waals surface area contributed by atoms with Gasteiger partial charge in [0.1, 0.15) is 11.9 Å². The molecule has 1 saturated heterocycles. The number of rotatable bonds is 2. The average molecular weight is 290 g/mol. The molecule has 0 aliphatic carbocycles. The molecule has 1 unspecified atom stereocenters. The van der Waals surface area contributed by atoms with Crippen molar-refractivity contribution in [3.05, 3.63) is 35.3 Å². The van der Waals surface area contributed by atoms with Crippen LogP contribution < -0.4 is 22.1 Å². The van der Waals surface area contributed by atoms with Gasteiger partial charge in [0.2, 0.25) is 0 Å². The van der Waals surface area contributed by atoms with Gasteiger partial charge in [-0.05, 0) is 19.1 Å². The van der Waals surface area contributed by atoms with Crippen molar-refractivity contribution in [3.63, 3.8) is 0 Å². The second-order valence-corrected chi connectivity index (χ2v) is 4.88. The van der Waals surface area contributed by atoms with E-state index in [4.69, 9.17) is 16.4 Å². The highest BCUT2D eigenvalue weighted by Crippen LogP contribution is 2.22. The summed E-state index contributed by atoms with van der Waals surface area (Å²) < 4.78 is 5.76.